The van der Waals surface area contributed by atoms with Crippen molar-refractivity contribution >= 4 is 5.69 Å². The van der Waals surface area contributed by atoms with Gasteiger partial charge in [-0.3, -0.25) is 0 Å². The molecule has 0 amide bonds. The van der Waals surface area contributed by atoms with E-state index in [4.69, 9.17) is 10.5 Å². The number of pyridine rings is 1. The third kappa shape index (κ3) is 4.19. The van der Waals surface area contributed by atoms with E-state index in [1.807, 2.05) is 13.0 Å². The normalized spacial score (nSPS) is 11.5. The maximum absolute atomic E-state index is 5.61. The second kappa shape index (κ2) is 4.51. The minimum absolute atomic E-state index is 0.293. The summed E-state index contributed by atoms with van der Waals surface area (Å²) < 4.78 is 5.60. The maximum atomic E-state index is 5.61. The van der Waals surface area contributed by atoms with Crippen molar-refractivity contribution in [3.63, 3.8) is 0 Å². The highest BCUT2D eigenvalue weighted by molar-refractivity contribution is 5.41. The third-order valence-corrected chi connectivity index (χ3v) is 2.14. The standard InChI is InChI=1S/C12H20N2O/c1-9-7-10(13)8-14-11(9)15-6-5-12(2,3)4/h7-8H,5-6,13H2,1-4H3. The van der Waals surface area contributed by atoms with Gasteiger partial charge in [-0.15, -0.1) is 0 Å². The molecule has 0 saturated carbocycles. The van der Waals surface area contributed by atoms with Gasteiger partial charge in [0.05, 0.1) is 18.5 Å². The van der Waals surface area contributed by atoms with E-state index in [-0.39, 0.29) is 0 Å². The highest BCUT2D eigenvalue weighted by Crippen LogP contribution is 2.21. The molecule has 0 aliphatic heterocycles. The number of anilines is 1. The second-order valence-corrected chi connectivity index (χ2v) is 5.05. The smallest absolute Gasteiger partial charge is 0.216 e. The van der Waals surface area contributed by atoms with Gasteiger partial charge in [-0.1, -0.05) is 20.8 Å². The Morgan fingerprint density at radius 2 is 2.07 bits per heavy atom. The first kappa shape index (κ1) is 11.8. The summed E-state index contributed by atoms with van der Waals surface area (Å²) >= 11 is 0. The summed E-state index contributed by atoms with van der Waals surface area (Å²) in [5.41, 5.74) is 7.57. The van der Waals surface area contributed by atoms with Crippen molar-refractivity contribution in [1.82, 2.24) is 4.98 Å². The molecule has 0 spiro atoms. The van der Waals surface area contributed by atoms with Gasteiger partial charge in [-0.25, -0.2) is 4.98 Å². The van der Waals surface area contributed by atoms with Crippen LogP contribution in [0.3, 0.4) is 0 Å². The third-order valence-electron chi connectivity index (χ3n) is 2.14. The molecular formula is C12H20N2O. The number of aromatic nitrogens is 1. The van der Waals surface area contributed by atoms with Crippen molar-refractivity contribution in [2.24, 2.45) is 5.41 Å². The Morgan fingerprint density at radius 3 is 2.60 bits per heavy atom. The van der Waals surface area contributed by atoms with E-state index in [9.17, 15) is 0 Å². The van der Waals surface area contributed by atoms with Gasteiger partial charge in [0, 0.05) is 5.56 Å². The van der Waals surface area contributed by atoms with Crippen LogP contribution in [0.1, 0.15) is 32.8 Å². The number of aryl methyl sites for hydroxylation is 1. The molecule has 0 radical (unpaired) electrons. The minimum Gasteiger partial charge on any atom is -0.477 e. The quantitative estimate of drug-likeness (QED) is 0.831. The summed E-state index contributed by atoms with van der Waals surface area (Å²) in [4.78, 5) is 4.15. The fraction of sp³-hybridized carbons (Fsp3) is 0.583. The van der Waals surface area contributed by atoms with Gasteiger partial charge in [0.25, 0.3) is 0 Å². The summed E-state index contributed by atoms with van der Waals surface area (Å²) in [6.45, 7) is 9.23. The van der Waals surface area contributed by atoms with Gasteiger partial charge in [0.1, 0.15) is 0 Å². The summed E-state index contributed by atoms with van der Waals surface area (Å²) in [5, 5.41) is 0. The molecule has 1 aromatic heterocycles. The summed E-state index contributed by atoms with van der Waals surface area (Å²) in [7, 11) is 0. The molecule has 3 heteroatoms. The van der Waals surface area contributed by atoms with Crippen LogP contribution in [0.25, 0.3) is 0 Å². The Kier molecular flexibility index (Phi) is 3.56. The first-order valence-corrected chi connectivity index (χ1v) is 5.23. The number of hydrogen-bond donors (Lipinski definition) is 1. The summed E-state index contributed by atoms with van der Waals surface area (Å²) in [5.74, 6) is 0.688. The largest absolute Gasteiger partial charge is 0.477 e. The SMILES string of the molecule is Cc1cc(N)cnc1OCCC(C)(C)C. The number of rotatable bonds is 3. The molecule has 0 aliphatic rings. The number of nitrogen functional groups attached to an aromatic ring is 1. The van der Waals surface area contributed by atoms with Gasteiger partial charge in [-0.2, -0.15) is 0 Å². The van der Waals surface area contributed by atoms with Crippen LogP contribution < -0.4 is 10.5 Å². The molecule has 1 rings (SSSR count). The van der Waals surface area contributed by atoms with E-state index in [1.54, 1.807) is 6.20 Å². The van der Waals surface area contributed by atoms with Crippen molar-refractivity contribution in [2.75, 3.05) is 12.3 Å². The van der Waals surface area contributed by atoms with Crippen molar-refractivity contribution in [1.29, 1.82) is 0 Å². The van der Waals surface area contributed by atoms with Crippen LogP contribution in [0.5, 0.6) is 5.88 Å². The minimum atomic E-state index is 0.293. The Labute approximate surface area is 91.7 Å². The number of hydrogen-bond acceptors (Lipinski definition) is 3. The lowest BCUT2D eigenvalue weighted by Crippen LogP contribution is -2.12. The van der Waals surface area contributed by atoms with E-state index in [1.165, 1.54) is 0 Å². The summed E-state index contributed by atoms with van der Waals surface area (Å²) in [6.07, 6.45) is 2.64. The average Bonchev–Trinajstić information content (AvgIpc) is 2.07. The van der Waals surface area contributed by atoms with Gasteiger partial charge in [0.15, 0.2) is 0 Å². The van der Waals surface area contributed by atoms with Crippen molar-refractivity contribution < 1.29 is 4.74 Å². The zero-order chi connectivity index (χ0) is 11.5. The first-order chi connectivity index (χ1) is 6.88. The number of nitrogens with zero attached hydrogens (tertiary/aromatic N) is 1. The van der Waals surface area contributed by atoms with Crippen molar-refractivity contribution in [3.8, 4) is 5.88 Å². The van der Waals surface area contributed by atoms with E-state index in [0.717, 1.165) is 12.0 Å². The number of ether oxygens (including phenoxy) is 1. The van der Waals surface area contributed by atoms with Crippen LogP contribution in [0.4, 0.5) is 5.69 Å². The predicted molar refractivity (Wildman–Crippen MR) is 63.0 cm³/mol. The van der Waals surface area contributed by atoms with Gasteiger partial charge in [0.2, 0.25) is 5.88 Å². The molecule has 0 fully saturated rings. The Bertz CT molecular complexity index is 329. The fourth-order valence-electron chi connectivity index (χ4n) is 1.19. The molecule has 0 bridgehead atoms. The second-order valence-electron chi connectivity index (χ2n) is 5.05. The molecule has 0 aliphatic carbocycles. The van der Waals surface area contributed by atoms with Crippen molar-refractivity contribution in [2.45, 2.75) is 34.1 Å². The van der Waals surface area contributed by atoms with Crippen LogP contribution in [-0.4, -0.2) is 11.6 Å². The average molecular weight is 208 g/mol. The Hall–Kier alpha value is -1.25. The zero-order valence-corrected chi connectivity index (χ0v) is 10.0. The predicted octanol–water partition coefficient (Wildman–Crippen LogP) is 2.79. The molecule has 0 aromatic carbocycles. The molecule has 0 saturated heterocycles. The van der Waals surface area contributed by atoms with E-state index >= 15 is 0 Å². The van der Waals surface area contributed by atoms with Crippen LogP contribution in [0, 0.1) is 12.3 Å². The molecule has 84 valence electrons. The lowest BCUT2D eigenvalue weighted by atomic mass is 9.93. The van der Waals surface area contributed by atoms with Gasteiger partial charge in [-0.05, 0) is 24.8 Å². The van der Waals surface area contributed by atoms with E-state index in [0.29, 0.717) is 23.6 Å². The molecule has 0 atom stereocenters. The Balaban J connectivity index is 2.51. The van der Waals surface area contributed by atoms with Crippen LogP contribution >= 0.6 is 0 Å². The molecule has 1 heterocycles. The van der Waals surface area contributed by atoms with E-state index < -0.39 is 0 Å². The van der Waals surface area contributed by atoms with Gasteiger partial charge < -0.3 is 10.5 Å². The van der Waals surface area contributed by atoms with Crippen LogP contribution in [0.2, 0.25) is 0 Å². The topological polar surface area (TPSA) is 48.1 Å². The fourth-order valence-corrected chi connectivity index (χ4v) is 1.19. The van der Waals surface area contributed by atoms with E-state index in [2.05, 4.69) is 25.8 Å². The maximum Gasteiger partial charge on any atom is 0.216 e. The lowest BCUT2D eigenvalue weighted by Gasteiger charge is -2.18. The Morgan fingerprint density at radius 1 is 1.40 bits per heavy atom. The van der Waals surface area contributed by atoms with Crippen molar-refractivity contribution in [3.05, 3.63) is 17.8 Å². The zero-order valence-electron chi connectivity index (χ0n) is 10.0. The molecule has 1 aromatic rings. The first-order valence-electron chi connectivity index (χ1n) is 5.23. The highest BCUT2D eigenvalue weighted by atomic mass is 16.5. The molecule has 3 nitrogen and oxygen atoms in total. The molecule has 0 unspecified atom stereocenters. The molecular weight excluding hydrogens is 188 g/mol. The molecule has 2 N–H and O–H groups in total. The monoisotopic (exact) mass is 208 g/mol. The van der Waals surface area contributed by atoms with Crippen LogP contribution in [0.15, 0.2) is 12.3 Å². The van der Waals surface area contributed by atoms with Gasteiger partial charge >= 0.3 is 0 Å². The highest BCUT2D eigenvalue weighted by Gasteiger charge is 2.10. The molecule has 15 heavy (non-hydrogen) atoms. The number of nitrogens with two attached hydrogens (primary N) is 1. The van der Waals surface area contributed by atoms with Crippen LogP contribution in [-0.2, 0) is 0 Å². The summed E-state index contributed by atoms with van der Waals surface area (Å²) in [6, 6.07) is 1.87. The lowest BCUT2D eigenvalue weighted by molar-refractivity contribution is 0.235.